The monoisotopic (exact) mass is 308 g/mol. The van der Waals surface area contributed by atoms with E-state index in [1.165, 1.54) is 6.66 Å². The van der Waals surface area contributed by atoms with E-state index in [1.54, 1.807) is 32.2 Å². The number of benzene rings is 1. The predicted molar refractivity (Wildman–Crippen MR) is 66.5 cm³/mol. The summed E-state index contributed by atoms with van der Waals surface area (Å²) < 4.78 is 27.9. The molecule has 90 valence electrons. The van der Waals surface area contributed by atoms with Gasteiger partial charge in [0, 0.05) is 12.7 Å². The van der Waals surface area contributed by atoms with E-state index in [0.717, 1.165) is 0 Å². The van der Waals surface area contributed by atoms with Gasteiger partial charge in [0.05, 0.1) is 18.2 Å². The Balaban J connectivity index is 2.91. The molecule has 0 saturated carbocycles. The molecule has 1 rings (SSSR count). The average Bonchev–Trinajstić information content (AvgIpc) is 2.21. The van der Waals surface area contributed by atoms with E-state index < -0.39 is 7.60 Å². The third-order valence-corrected chi connectivity index (χ3v) is 3.68. The van der Waals surface area contributed by atoms with Crippen molar-refractivity contribution in [3.8, 4) is 11.5 Å². The van der Waals surface area contributed by atoms with Crippen molar-refractivity contribution in [2.75, 3.05) is 20.4 Å². The van der Waals surface area contributed by atoms with Gasteiger partial charge in [0.15, 0.2) is 0 Å². The van der Waals surface area contributed by atoms with E-state index in [0.29, 0.717) is 22.6 Å². The summed E-state index contributed by atoms with van der Waals surface area (Å²) in [7, 11) is -1.50. The second kappa shape index (κ2) is 5.71. The van der Waals surface area contributed by atoms with E-state index in [4.69, 9.17) is 13.8 Å². The van der Waals surface area contributed by atoms with Crippen LogP contribution in [0.5, 0.6) is 11.5 Å². The van der Waals surface area contributed by atoms with E-state index in [1.807, 2.05) is 0 Å². The number of hydrogen-bond acceptors (Lipinski definition) is 4. The topological polar surface area (TPSA) is 44.8 Å². The van der Waals surface area contributed by atoms with Crippen molar-refractivity contribution < 1.29 is 18.3 Å². The highest BCUT2D eigenvalue weighted by Crippen LogP contribution is 2.46. The number of hydrogen-bond donors (Lipinski definition) is 0. The highest BCUT2D eigenvalue weighted by Gasteiger charge is 2.19. The van der Waals surface area contributed by atoms with Crippen LogP contribution in [0.15, 0.2) is 22.7 Å². The Bertz CT molecular complexity index is 408. The summed E-state index contributed by atoms with van der Waals surface area (Å²) in [5.41, 5.74) is 0. The fourth-order valence-corrected chi connectivity index (χ4v) is 2.60. The van der Waals surface area contributed by atoms with Gasteiger partial charge in [-0.1, -0.05) is 0 Å². The molecule has 1 unspecified atom stereocenters. The lowest BCUT2D eigenvalue weighted by atomic mass is 10.3. The van der Waals surface area contributed by atoms with Crippen molar-refractivity contribution in [1.82, 2.24) is 0 Å². The smallest absolute Gasteiger partial charge is 0.376 e. The Labute approximate surface area is 104 Å². The SMILES string of the molecule is CCOP(C)(=O)Oc1cc(OC)ccc1Br. The Kier molecular flexibility index (Phi) is 4.84. The molecule has 0 bridgehead atoms. The van der Waals surface area contributed by atoms with Gasteiger partial charge in [-0.25, -0.2) is 4.57 Å². The van der Waals surface area contributed by atoms with Crippen LogP contribution < -0.4 is 9.26 Å². The Morgan fingerprint density at radius 1 is 1.44 bits per heavy atom. The molecule has 1 atom stereocenters. The minimum absolute atomic E-state index is 0.343. The van der Waals surface area contributed by atoms with Crippen LogP contribution in [0.4, 0.5) is 0 Å². The summed E-state index contributed by atoms with van der Waals surface area (Å²) in [5, 5.41) is 0. The van der Waals surface area contributed by atoms with Crippen LogP contribution in [-0.4, -0.2) is 20.4 Å². The molecule has 1 aromatic carbocycles. The van der Waals surface area contributed by atoms with Crippen LogP contribution in [0.25, 0.3) is 0 Å². The minimum Gasteiger partial charge on any atom is -0.497 e. The van der Waals surface area contributed by atoms with E-state index in [2.05, 4.69) is 15.9 Å². The fourth-order valence-electron chi connectivity index (χ4n) is 1.12. The molecule has 1 aromatic rings. The van der Waals surface area contributed by atoms with Crippen molar-refractivity contribution in [2.45, 2.75) is 6.92 Å². The Morgan fingerprint density at radius 2 is 2.12 bits per heavy atom. The largest absolute Gasteiger partial charge is 0.497 e. The molecule has 16 heavy (non-hydrogen) atoms. The molecule has 0 aliphatic heterocycles. The lowest BCUT2D eigenvalue weighted by Crippen LogP contribution is -1.97. The number of methoxy groups -OCH3 is 1. The zero-order chi connectivity index (χ0) is 12.2. The van der Waals surface area contributed by atoms with Crippen molar-refractivity contribution in [3.05, 3.63) is 22.7 Å². The first kappa shape index (κ1) is 13.6. The predicted octanol–water partition coefficient (Wildman–Crippen LogP) is 3.70. The van der Waals surface area contributed by atoms with Gasteiger partial charge >= 0.3 is 7.60 Å². The van der Waals surface area contributed by atoms with Gasteiger partial charge in [0.1, 0.15) is 11.5 Å². The molecular formula is C10H14BrO4P. The minimum atomic E-state index is -3.06. The second-order valence-electron chi connectivity index (χ2n) is 3.08. The van der Waals surface area contributed by atoms with Gasteiger partial charge in [-0.3, -0.25) is 0 Å². The summed E-state index contributed by atoms with van der Waals surface area (Å²) in [6.45, 7) is 3.54. The summed E-state index contributed by atoms with van der Waals surface area (Å²) in [6.07, 6.45) is 0. The Hall–Kier alpha value is -0.510. The third kappa shape index (κ3) is 3.81. The van der Waals surface area contributed by atoms with Crippen LogP contribution in [0.1, 0.15) is 6.92 Å². The van der Waals surface area contributed by atoms with E-state index >= 15 is 0 Å². The van der Waals surface area contributed by atoms with Crippen molar-refractivity contribution in [3.63, 3.8) is 0 Å². The van der Waals surface area contributed by atoms with Gasteiger partial charge in [-0.2, -0.15) is 0 Å². The lowest BCUT2D eigenvalue weighted by molar-refractivity contribution is 0.284. The quantitative estimate of drug-likeness (QED) is 0.778. The third-order valence-electron chi connectivity index (χ3n) is 1.77. The maximum Gasteiger partial charge on any atom is 0.376 e. The average molecular weight is 309 g/mol. The van der Waals surface area contributed by atoms with Crippen molar-refractivity contribution in [2.24, 2.45) is 0 Å². The highest BCUT2D eigenvalue weighted by atomic mass is 79.9. The molecule has 0 radical (unpaired) electrons. The zero-order valence-corrected chi connectivity index (χ0v) is 11.9. The second-order valence-corrected chi connectivity index (χ2v) is 5.91. The first-order valence-corrected chi connectivity index (χ1v) is 7.52. The van der Waals surface area contributed by atoms with Crippen LogP contribution in [-0.2, 0) is 9.09 Å². The molecule has 0 N–H and O–H groups in total. The van der Waals surface area contributed by atoms with Crippen LogP contribution in [0.2, 0.25) is 0 Å². The standard InChI is InChI=1S/C10H14BrO4P/c1-4-14-16(3,12)15-10-7-8(13-2)5-6-9(10)11/h5-7H,4H2,1-3H3. The molecular weight excluding hydrogens is 295 g/mol. The highest BCUT2D eigenvalue weighted by molar-refractivity contribution is 9.10. The van der Waals surface area contributed by atoms with E-state index in [-0.39, 0.29) is 0 Å². The maximum absolute atomic E-state index is 11.8. The summed E-state index contributed by atoms with van der Waals surface area (Å²) in [6, 6.07) is 5.19. The van der Waals surface area contributed by atoms with Gasteiger partial charge < -0.3 is 13.8 Å². The van der Waals surface area contributed by atoms with Crippen LogP contribution >= 0.6 is 23.5 Å². The van der Waals surface area contributed by atoms with Gasteiger partial charge in [0.2, 0.25) is 0 Å². The molecule has 0 spiro atoms. The first-order chi connectivity index (χ1) is 7.48. The fraction of sp³-hybridized carbons (Fsp3) is 0.400. The molecule has 0 saturated heterocycles. The summed E-state index contributed by atoms with van der Waals surface area (Å²) in [5.74, 6) is 1.08. The molecule has 4 nitrogen and oxygen atoms in total. The number of ether oxygens (including phenoxy) is 1. The summed E-state index contributed by atoms with van der Waals surface area (Å²) >= 11 is 3.31. The van der Waals surface area contributed by atoms with Crippen molar-refractivity contribution in [1.29, 1.82) is 0 Å². The number of rotatable bonds is 5. The van der Waals surface area contributed by atoms with Crippen molar-refractivity contribution >= 4 is 23.5 Å². The molecule has 6 heteroatoms. The molecule has 0 aliphatic rings. The normalized spacial score (nSPS) is 14.2. The zero-order valence-electron chi connectivity index (χ0n) is 9.40. The van der Waals surface area contributed by atoms with E-state index in [9.17, 15) is 4.57 Å². The first-order valence-electron chi connectivity index (χ1n) is 4.73. The maximum atomic E-state index is 11.8. The summed E-state index contributed by atoms with van der Waals surface area (Å²) in [4.78, 5) is 0. The molecule has 0 aromatic heterocycles. The molecule has 0 amide bonds. The van der Waals surface area contributed by atoms with Gasteiger partial charge in [0.25, 0.3) is 0 Å². The van der Waals surface area contributed by atoms with Gasteiger partial charge in [-0.05, 0) is 35.0 Å². The molecule has 0 aliphatic carbocycles. The lowest BCUT2D eigenvalue weighted by Gasteiger charge is -2.15. The van der Waals surface area contributed by atoms with Crippen LogP contribution in [0.3, 0.4) is 0 Å². The van der Waals surface area contributed by atoms with Gasteiger partial charge in [-0.15, -0.1) is 0 Å². The molecule has 0 heterocycles. The Morgan fingerprint density at radius 3 is 2.69 bits per heavy atom. The van der Waals surface area contributed by atoms with Crippen LogP contribution in [0, 0.1) is 0 Å². The molecule has 0 fully saturated rings. The number of halogens is 1.